The fourth-order valence-electron chi connectivity index (χ4n) is 7.19. The number of aliphatic hydroxyl groups is 3. The molecule has 0 aromatic carbocycles. The van der Waals surface area contributed by atoms with Gasteiger partial charge in [0, 0.05) is 17.3 Å². The molecule has 4 rings (SSSR count). The third-order valence-corrected chi connectivity index (χ3v) is 9.85. The van der Waals surface area contributed by atoms with E-state index >= 15 is 0 Å². The van der Waals surface area contributed by atoms with Crippen LogP contribution in [0.15, 0.2) is 11.6 Å². The molecule has 0 spiro atoms. The number of ketones is 2. The topological polar surface area (TPSA) is 94.8 Å². The number of fused-ring (bicyclic) bond motifs is 5. The van der Waals surface area contributed by atoms with Crippen LogP contribution in [0.4, 0.5) is 0 Å². The van der Waals surface area contributed by atoms with Crippen LogP contribution in [0.25, 0.3) is 0 Å². The van der Waals surface area contributed by atoms with E-state index in [1.165, 1.54) is 0 Å². The number of Topliss-reactive ketones (excluding diaryl/α,β-unsaturated/α-hetero) is 1. The van der Waals surface area contributed by atoms with Crippen molar-refractivity contribution in [2.24, 2.45) is 28.6 Å². The Labute approximate surface area is 177 Å². The SMILES string of the molecule is CCSCC(=O)[C@H]1CC[C@@]2(O)C3=CC(=O)[C@@H]4C[C@@H](O)[C@@H](O)C[C@]4(C)C3CC[C@]12C. The van der Waals surface area contributed by atoms with Gasteiger partial charge in [-0.2, -0.15) is 11.8 Å². The first-order chi connectivity index (χ1) is 13.6. The Morgan fingerprint density at radius 3 is 2.59 bits per heavy atom. The lowest BCUT2D eigenvalue weighted by Gasteiger charge is -2.59. The zero-order valence-electron chi connectivity index (χ0n) is 17.7. The van der Waals surface area contributed by atoms with Gasteiger partial charge < -0.3 is 15.3 Å². The second-order valence-corrected chi connectivity index (χ2v) is 11.5. The maximum Gasteiger partial charge on any atom is 0.159 e. The van der Waals surface area contributed by atoms with Gasteiger partial charge >= 0.3 is 0 Å². The predicted molar refractivity (Wildman–Crippen MR) is 112 cm³/mol. The van der Waals surface area contributed by atoms with Crippen molar-refractivity contribution in [2.45, 2.75) is 77.1 Å². The van der Waals surface area contributed by atoms with Crippen LogP contribution in [0.3, 0.4) is 0 Å². The highest BCUT2D eigenvalue weighted by molar-refractivity contribution is 7.99. The van der Waals surface area contributed by atoms with E-state index in [1.54, 1.807) is 17.8 Å². The van der Waals surface area contributed by atoms with E-state index < -0.39 is 28.6 Å². The average Bonchev–Trinajstić information content (AvgIpc) is 2.94. The molecule has 6 heteroatoms. The quantitative estimate of drug-likeness (QED) is 0.644. The minimum atomic E-state index is -1.14. The van der Waals surface area contributed by atoms with Crippen molar-refractivity contribution >= 4 is 23.3 Å². The van der Waals surface area contributed by atoms with Crippen LogP contribution in [-0.4, -0.2) is 56.2 Å². The molecule has 1 unspecified atom stereocenters. The van der Waals surface area contributed by atoms with Crippen LogP contribution in [0, 0.1) is 28.6 Å². The fraction of sp³-hybridized carbons (Fsp3) is 0.826. The lowest BCUT2D eigenvalue weighted by Crippen LogP contribution is -2.61. The van der Waals surface area contributed by atoms with Crippen molar-refractivity contribution in [2.75, 3.05) is 11.5 Å². The molecule has 0 saturated heterocycles. The molecule has 4 aliphatic rings. The van der Waals surface area contributed by atoms with Crippen molar-refractivity contribution < 1.29 is 24.9 Å². The lowest BCUT2D eigenvalue weighted by atomic mass is 9.46. The molecule has 0 radical (unpaired) electrons. The highest BCUT2D eigenvalue weighted by Gasteiger charge is 2.67. The Morgan fingerprint density at radius 2 is 1.90 bits per heavy atom. The van der Waals surface area contributed by atoms with Gasteiger partial charge in [0.05, 0.1) is 23.6 Å². The molecule has 0 aliphatic heterocycles. The Bertz CT molecular complexity index is 750. The van der Waals surface area contributed by atoms with E-state index in [9.17, 15) is 24.9 Å². The number of aliphatic hydroxyl groups excluding tert-OH is 2. The largest absolute Gasteiger partial charge is 0.390 e. The normalized spacial score (nSPS) is 49.1. The maximum absolute atomic E-state index is 13.1. The summed E-state index contributed by atoms with van der Waals surface area (Å²) in [6.45, 7) is 6.12. The van der Waals surface area contributed by atoms with Crippen LogP contribution in [0.1, 0.15) is 59.3 Å². The first-order valence-electron chi connectivity index (χ1n) is 11.0. The van der Waals surface area contributed by atoms with Gasteiger partial charge in [-0.05, 0) is 67.3 Å². The van der Waals surface area contributed by atoms with Gasteiger partial charge in [0.2, 0.25) is 0 Å². The maximum atomic E-state index is 13.1. The number of hydrogen-bond acceptors (Lipinski definition) is 6. The summed E-state index contributed by atoms with van der Waals surface area (Å²) in [4.78, 5) is 26.0. The molecule has 0 aromatic heterocycles. The van der Waals surface area contributed by atoms with Crippen LogP contribution in [-0.2, 0) is 9.59 Å². The summed E-state index contributed by atoms with van der Waals surface area (Å²) in [6.07, 6.45) is 3.31. The number of allylic oxidation sites excluding steroid dienone is 1. The zero-order chi connectivity index (χ0) is 21.2. The highest BCUT2D eigenvalue weighted by Crippen LogP contribution is 2.67. The second kappa shape index (κ2) is 7.18. The van der Waals surface area contributed by atoms with Crippen LogP contribution < -0.4 is 0 Å². The summed E-state index contributed by atoms with van der Waals surface area (Å²) in [6, 6.07) is 0. The van der Waals surface area contributed by atoms with E-state index in [2.05, 4.69) is 0 Å². The van der Waals surface area contributed by atoms with Crippen LogP contribution >= 0.6 is 11.8 Å². The van der Waals surface area contributed by atoms with Gasteiger partial charge in [-0.15, -0.1) is 0 Å². The number of carbonyl (C=O) groups is 2. The van der Waals surface area contributed by atoms with Crippen LogP contribution in [0.5, 0.6) is 0 Å². The third kappa shape index (κ3) is 2.93. The van der Waals surface area contributed by atoms with Crippen LogP contribution in [0.2, 0.25) is 0 Å². The van der Waals surface area contributed by atoms with Crippen molar-refractivity contribution in [1.82, 2.24) is 0 Å². The molecule has 3 N–H and O–H groups in total. The molecule has 29 heavy (non-hydrogen) atoms. The molecular weight excluding hydrogens is 388 g/mol. The molecule has 0 bridgehead atoms. The molecule has 162 valence electrons. The molecule has 8 atom stereocenters. The predicted octanol–water partition coefficient (Wildman–Crippen LogP) is 2.51. The number of hydrogen-bond donors (Lipinski definition) is 3. The van der Waals surface area contributed by atoms with E-state index in [4.69, 9.17) is 0 Å². The van der Waals surface area contributed by atoms with Gasteiger partial charge in [0.15, 0.2) is 5.78 Å². The van der Waals surface area contributed by atoms with E-state index in [0.29, 0.717) is 25.0 Å². The summed E-state index contributed by atoms with van der Waals surface area (Å²) in [5.41, 5.74) is -1.36. The summed E-state index contributed by atoms with van der Waals surface area (Å²) < 4.78 is 0. The van der Waals surface area contributed by atoms with Gasteiger partial charge in [-0.1, -0.05) is 20.8 Å². The Morgan fingerprint density at radius 1 is 1.17 bits per heavy atom. The number of thioether (sulfide) groups is 1. The first kappa shape index (κ1) is 21.5. The molecule has 3 saturated carbocycles. The van der Waals surface area contributed by atoms with E-state index in [-0.39, 0.29) is 35.7 Å². The minimum Gasteiger partial charge on any atom is -0.390 e. The molecule has 0 aromatic rings. The summed E-state index contributed by atoms with van der Waals surface area (Å²) >= 11 is 1.63. The summed E-state index contributed by atoms with van der Waals surface area (Å²) in [5, 5.41) is 32.5. The molecule has 4 aliphatic carbocycles. The third-order valence-electron chi connectivity index (χ3n) is 8.95. The second-order valence-electron chi connectivity index (χ2n) is 10.2. The van der Waals surface area contributed by atoms with Crippen molar-refractivity contribution in [3.05, 3.63) is 11.6 Å². The number of carbonyl (C=O) groups excluding carboxylic acids is 2. The number of rotatable bonds is 4. The minimum absolute atomic E-state index is 0.00398. The highest BCUT2D eigenvalue weighted by atomic mass is 32.2. The lowest BCUT2D eigenvalue weighted by molar-refractivity contribution is -0.153. The smallest absolute Gasteiger partial charge is 0.159 e. The molecule has 0 heterocycles. The van der Waals surface area contributed by atoms with E-state index in [0.717, 1.165) is 24.2 Å². The standard InChI is InChI=1S/C23H34O5S/c1-4-29-12-20(27)14-6-8-23(28)15-9-17(24)16-10-18(25)19(26)11-21(16,2)13(15)5-7-22(14,23)3/h9,13-14,16,18-19,25-26,28H,4-8,10-12H2,1-3H3/t13?,14-,16+,18-,19+,21-,22-,23-/m1/s1. The van der Waals surface area contributed by atoms with E-state index in [1.807, 2.05) is 20.8 Å². The van der Waals surface area contributed by atoms with Gasteiger partial charge in [0.25, 0.3) is 0 Å². The van der Waals surface area contributed by atoms with Gasteiger partial charge in [-0.25, -0.2) is 0 Å². The van der Waals surface area contributed by atoms with Gasteiger partial charge in [-0.3, -0.25) is 9.59 Å². The van der Waals surface area contributed by atoms with Crippen molar-refractivity contribution in [3.8, 4) is 0 Å². The molecule has 0 amide bonds. The molecule has 5 nitrogen and oxygen atoms in total. The molecule has 3 fully saturated rings. The summed E-state index contributed by atoms with van der Waals surface area (Å²) in [7, 11) is 0. The Kier molecular flexibility index (Phi) is 5.33. The monoisotopic (exact) mass is 422 g/mol. The van der Waals surface area contributed by atoms with Crippen molar-refractivity contribution in [1.29, 1.82) is 0 Å². The first-order valence-corrected chi connectivity index (χ1v) is 12.2. The fourth-order valence-corrected chi connectivity index (χ4v) is 7.80. The summed E-state index contributed by atoms with van der Waals surface area (Å²) in [5.74, 6) is 1.07. The Balaban J connectivity index is 1.71. The van der Waals surface area contributed by atoms with Crippen molar-refractivity contribution in [3.63, 3.8) is 0 Å². The van der Waals surface area contributed by atoms with Gasteiger partial charge in [0.1, 0.15) is 5.78 Å². The Hall–Kier alpha value is -0.690. The zero-order valence-corrected chi connectivity index (χ0v) is 18.5. The molecular formula is C23H34O5S. The average molecular weight is 423 g/mol.